The molecular weight excluding hydrogens is 414 g/mol. The fraction of sp³-hybridized carbons (Fsp3) is 0.474. The molecule has 1 fully saturated rings. The number of esters is 1. The third-order valence-electron chi connectivity index (χ3n) is 4.87. The molecule has 0 bridgehead atoms. The van der Waals surface area contributed by atoms with Gasteiger partial charge in [0.1, 0.15) is 11.5 Å². The Morgan fingerprint density at radius 3 is 2.67 bits per heavy atom. The van der Waals surface area contributed by atoms with Crippen molar-refractivity contribution < 1.29 is 32.3 Å². The molecule has 30 heavy (non-hydrogen) atoms. The van der Waals surface area contributed by atoms with E-state index in [-0.39, 0.29) is 42.4 Å². The summed E-state index contributed by atoms with van der Waals surface area (Å²) in [5.41, 5.74) is 0.415. The highest BCUT2D eigenvalue weighted by atomic mass is 32.2. The zero-order valence-electron chi connectivity index (χ0n) is 16.7. The van der Waals surface area contributed by atoms with Crippen LogP contribution in [0.25, 0.3) is 0 Å². The van der Waals surface area contributed by atoms with Crippen LogP contribution in [0.2, 0.25) is 0 Å². The summed E-state index contributed by atoms with van der Waals surface area (Å²) in [7, 11) is -1.74. The number of carbonyl (C=O) groups excluding carboxylic acids is 3. The molecule has 10 nitrogen and oxygen atoms in total. The molecule has 0 aliphatic carbocycles. The number of carbonyl (C=O) groups is 3. The largest absolute Gasteiger partial charge is 0.495 e. The highest BCUT2D eigenvalue weighted by Gasteiger charge is 2.37. The highest BCUT2D eigenvalue weighted by Crippen LogP contribution is 2.24. The number of para-hydroxylation sites is 2. The second-order valence-electron chi connectivity index (χ2n) is 7.08. The average molecular weight is 437 g/mol. The van der Waals surface area contributed by atoms with E-state index in [0.717, 1.165) is 5.01 Å². The molecule has 2 amide bonds. The standard InChI is InChI=1S/C19H23N3O7S/c1-12(18(24)20-14-5-3-4-6-16(14)28-2)29-19(25)15-7-8-17(23)22(21-15)13-9-10-30(26,27)11-13/h3-6,12-13H,7-11H2,1-2H3,(H,20,24). The molecule has 1 aromatic carbocycles. The van der Waals surface area contributed by atoms with Crippen LogP contribution in [0.3, 0.4) is 0 Å². The first-order valence-corrected chi connectivity index (χ1v) is 11.3. The van der Waals surface area contributed by atoms with Gasteiger partial charge in [-0.15, -0.1) is 0 Å². The summed E-state index contributed by atoms with van der Waals surface area (Å²) < 4.78 is 33.8. The average Bonchev–Trinajstić information content (AvgIpc) is 3.08. The topological polar surface area (TPSA) is 131 Å². The van der Waals surface area contributed by atoms with Crippen molar-refractivity contribution in [2.75, 3.05) is 23.9 Å². The van der Waals surface area contributed by atoms with E-state index in [9.17, 15) is 22.8 Å². The van der Waals surface area contributed by atoms with Gasteiger partial charge >= 0.3 is 5.97 Å². The first kappa shape index (κ1) is 21.8. The SMILES string of the molecule is COc1ccccc1NC(=O)C(C)OC(=O)C1=NN(C2CCS(=O)(=O)C2)C(=O)CC1. The molecule has 2 unspecified atom stereocenters. The van der Waals surface area contributed by atoms with E-state index in [2.05, 4.69) is 10.4 Å². The number of ether oxygens (including phenoxy) is 2. The van der Waals surface area contributed by atoms with Gasteiger partial charge in [0.25, 0.3) is 5.91 Å². The van der Waals surface area contributed by atoms with E-state index in [1.54, 1.807) is 24.3 Å². The minimum absolute atomic E-state index is 0.0170. The zero-order valence-corrected chi connectivity index (χ0v) is 17.5. The maximum atomic E-state index is 12.5. The number of rotatable bonds is 6. The Labute approximate surface area is 174 Å². The minimum Gasteiger partial charge on any atom is -0.495 e. The normalized spacial score (nSPS) is 21.5. The molecule has 162 valence electrons. The molecule has 11 heteroatoms. The van der Waals surface area contributed by atoms with Crippen molar-refractivity contribution in [3.8, 4) is 5.75 Å². The van der Waals surface area contributed by atoms with E-state index >= 15 is 0 Å². The summed E-state index contributed by atoms with van der Waals surface area (Å²) in [6.45, 7) is 1.42. The summed E-state index contributed by atoms with van der Waals surface area (Å²) in [6, 6.07) is 6.22. The predicted molar refractivity (Wildman–Crippen MR) is 108 cm³/mol. The monoisotopic (exact) mass is 437 g/mol. The van der Waals surface area contributed by atoms with Gasteiger partial charge in [-0.25, -0.2) is 18.2 Å². The number of nitrogens with zero attached hydrogens (tertiary/aromatic N) is 2. The molecule has 0 radical (unpaired) electrons. The van der Waals surface area contributed by atoms with Crippen LogP contribution in [0.15, 0.2) is 29.4 Å². The quantitative estimate of drug-likeness (QED) is 0.649. The Kier molecular flexibility index (Phi) is 6.40. The Bertz CT molecular complexity index is 990. The molecule has 0 spiro atoms. The van der Waals surface area contributed by atoms with Crippen LogP contribution >= 0.6 is 0 Å². The van der Waals surface area contributed by atoms with Crippen molar-refractivity contribution in [1.29, 1.82) is 0 Å². The van der Waals surface area contributed by atoms with Crippen molar-refractivity contribution in [3.63, 3.8) is 0 Å². The summed E-state index contributed by atoms with van der Waals surface area (Å²) in [4.78, 5) is 37.0. The Balaban J connectivity index is 1.65. The third kappa shape index (κ3) is 4.96. The fourth-order valence-corrected chi connectivity index (χ4v) is 4.93. The maximum absolute atomic E-state index is 12.5. The van der Waals surface area contributed by atoms with Gasteiger partial charge in [-0.1, -0.05) is 12.1 Å². The van der Waals surface area contributed by atoms with E-state index in [1.807, 2.05) is 0 Å². The van der Waals surface area contributed by atoms with Crippen LogP contribution < -0.4 is 10.1 Å². The van der Waals surface area contributed by atoms with Crippen molar-refractivity contribution in [1.82, 2.24) is 5.01 Å². The molecule has 2 aliphatic heterocycles. The number of hydrogen-bond acceptors (Lipinski definition) is 8. The van der Waals surface area contributed by atoms with Crippen LogP contribution in [-0.2, 0) is 29.0 Å². The van der Waals surface area contributed by atoms with Crippen molar-refractivity contribution >= 4 is 39.0 Å². The van der Waals surface area contributed by atoms with Gasteiger partial charge in [0.2, 0.25) is 5.91 Å². The molecule has 1 aromatic rings. The summed E-state index contributed by atoms with van der Waals surface area (Å²) in [6.07, 6.45) is -0.763. The molecular formula is C19H23N3O7S. The molecule has 0 aromatic heterocycles. The van der Waals surface area contributed by atoms with E-state index in [0.29, 0.717) is 11.4 Å². The molecule has 2 aliphatic rings. The van der Waals surface area contributed by atoms with E-state index < -0.39 is 33.9 Å². The number of nitrogens with one attached hydrogen (secondary N) is 1. The van der Waals surface area contributed by atoms with Crippen LogP contribution in [0, 0.1) is 0 Å². The smallest absolute Gasteiger partial charge is 0.355 e. The number of methoxy groups -OCH3 is 1. The number of hydrogen-bond donors (Lipinski definition) is 1. The first-order valence-electron chi connectivity index (χ1n) is 9.45. The van der Waals surface area contributed by atoms with Gasteiger partial charge in [-0.2, -0.15) is 5.10 Å². The molecule has 2 heterocycles. The lowest BCUT2D eigenvalue weighted by molar-refractivity contribution is -0.147. The van der Waals surface area contributed by atoms with Crippen LogP contribution in [0.5, 0.6) is 5.75 Å². The van der Waals surface area contributed by atoms with Gasteiger partial charge in [0.15, 0.2) is 15.9 Å². The number of anilines is 1. The minimum atomic E-state index is -3.21. The van der Waals surface area contributed by atoms with Gasteiger partial charge < -0.3 is 14.8 Å². The number of benzene rings is 1. The number of sulfone groups is 1. The number of hydrazone groups is 1. The Morgan fingerprint density at radius 2 is 2.00 bits per heavy atom. The fourth-order valence-electron chi connectivity index (χ4n) is 3.24. The second-order valence-corrected chi connectivity index (χ2v) is 9.31. The highest BCUT2D eigenvalue weighted by molar-refractivity contribution is 7.91. The molecule has 1 N–H and O–H groups in total. The van der Waals surface area contributed by atoms with Crippen molar-refractivity contribution in [2.24, 2.45) is 5.10 Å². The van der Waals surface area contributed by atoms with Crippen LogP contribution in [0.4, 0.5) is 5.69 Å². The van der Waals surface area contributed by atoms with Crippen LogP contribution in [0.1, 0.15) is 26.2 Å². The van der Waals surface area contributed by atoms with E-state index in [4.69, 9.17) is 9.47 Å². The Hall–Kier alpha value is -2.95. The van der Waals surface area contributed by atoms with Gasteiger partial charge in [0, 0.05) is 12.8 Å². The summed E-state index contributed by atoms with van der Waals surface area (Å²) in [5.74, 6) is -1.45. The summed E-state index contributed by atoms with van der Waals surface area (Å²) in [5, 5.41) is 7.74. The van der Waals surface area contributed by atoms with Gasteiger partial charge in [-0.05, 0) is 25.5 Å². The van der Waals surface area contributed by atoms with Gasteiger partial charge in [0.05, 0.1) is 30.3 Å². The first-order chi connectivity index (χ1) is 14.2. The third-order valence-corrected chi connectivity index (χ3v) is 6.62. The maximum Gasteiger partial charge on any atom is 0.355 e. The second kappa shape index (κ2) is 8.82. The van der Waals surface area contributed by atoms with Gasteiger partial charge in [-0.3, -0.25) is 9.59 Å². The van der Waals surface area contributed by atoms with E-state index in [1.165, 1.54) is 14.0 Å². The molecule has 1 saturated heterocycles. The molecule has 2 atom stereocenters. The zero-order chi connectivity index (χ0) is 21.9. The summed E-state index contributed by atoms with van der Waals surface area (Å²) >= 11 is 0. The predicted octanol–water partition coefficient (Wildman–Crippen LogP) is 0.731. The van der Waals surface area contributed by atoms with Crippen molar-refractivity contribution in [2.45, 2.75) is 38.3 Å². The molecule has 3 rings (SSSR count). The van der Waals surface area contributed by atoms with Crippen molar-refractivity contribution in [3.05, 3.63) is 24.3 Å². The number of amides is 2. The lowest BCUT2D eigenvalue weighted by Crippen LogP contribution is -2.42. The Morgan fingerprint density at radius 1 is 1.27 bits per heavy atom. The van der Waals surface area contributed by atoms with Crippen LogP contribution in [-0.4, -0.2) is 67.7 Å². The molecule has 0 saturated carbocycles. The lowest BCUT2D eigenvalue weighted by atomic mass is 10.1. The lowest BCUT2D eigenvalue weighted by Gasteiger charge is -2.27.